The molecule has 0 aliphatic carbocycles. The molecule has 1 aromatic rings. The summed E-state index contributed by atoms with van der Waals surface area (Å²) in [5, 5.41) is 11.9. The smallest absolute Gasteiger partial charge is 0.308 e. The Labute approximate surface area is 135 Å². The number of aliphatic carboxylic acids is 1. The number of sulfone groups is 1. The van der Waals surface area contributed by atoms with Gasteiger partial charge in [0.1, 0.15) is 0 Å². The Morgan fingerprint density at radius 2 is 1.96 bits per heavy atom. The van der Waals surface area contributed by atoms with Gasteiger partial charge in [0.2, 0.25) is 5.91 Å². The second kappa shape index (κ2) is 7.59. The summed E-state index contributed by atoms with van der Waals surface area (Å²) in [6.45, 7) is 0.0442. The van der Waals surface area contributed by atoms with Gasteiger partial charge in [-0.15, -0.1) is 0 Å². The highest BCUT2D eigenvalue weighted by Crippen LogP contribution is 2.21. The molecule has 0 saturated carbocycles. The van der Waals surface area contributed by atoms with Crippen molar-refractivity contribution in [2.75, 3.05) is 18.1 Å². The van der Waals surface area contributed by atoms with E-state index in [0.717, 1.165) is 5.56 Å². The molecule has 2 rings (SSSR count). The molecule has 2 N–H and O–H groups in total. The van der Waals surface area contributed by atoms with Gasteiger partial charge in [-0.2, -0.15) is 0 Å². The lowest BCUT2D eigenvalue weighted by Gasteiger charge is -2.14. The van der Waals surface area contributed by atoms with Crippen LogP contribution in [0.25, 0.3) is 0 Å². The maximum atomic E-state index is 11.9. The SMILES string of the molecule is O=C(CC1CCS(=O)(=O)C1)NCC(Cc1ccccc1)C(=O)O. The molecule has 1 aliphatic heterocycles. The number of carboxylic acids is 1. The van der Waals surface area contributed by atoms with Crippen LogP contribution in [0.2, 0.25) is 0 Å². The van der Waals surface area contributed by atoms with Crippen LogP contribution in [-0.4, -0.2) is 43.5 Å². The van der Waals surface area contributed by atoms with Crippen molar-refractivity contribution in [3.63, 3.8) is 0 Å². The Bertz CT molecular complexity index is 656. The molecule has 1 aromatic carbocycles. The maximum Gasteiger partial charge on any atom is 0.308 e. The van der Waals surface area contributed by atoms with Crippen molar-refractivity contribution in [3.8, 4) is 0 Å². The van der Waals surface area contributed by atoms with Gasteiger partial charge in [0.05, 0.1) is 17.4 Å². The van der Waals surface area contributed by atoms with E-state index in [9.17, 15) is 23.1 Å². The average molecular weight is 339 g/mol. The van der Waals surface area contributed by atoms with Crippen LogP contribution in [0.1, 0.15) is 18.4 Å². The van der Waals surface area contributed by atoms with Crippen molar-refractivity contribution in [3.05, 3.63) is 35.9 Å². The molecule has 0 radical (unpaired) electrons. The first kappa shape index (κ1) is 17.5. The van der Waals surface area contributed by atoms with Gasteiger partial charge in [-0.25, -0.2) is 8.42 Å². The van der Waals surface area contributed by atoms with Crippen molar-refractivity contribution < 1.29 is 23.1 Å². The number of carbonyl (C=O) groups excluding carboxylic acids is 1. The summed E-state index contributed by atoms with van der Waals surface area (Å²) >= 11 is 0. The summed E-state index contributed by atoms with van der Waals surface area (Å²) < 4.78 is 22.7. The lowest BCUT2D eigenvalue weighted by atomic mass is 9.99. The van der Waals surface area contributed by atoms with E-state index in [4.69, 9.17) is 0 Å². The molecule has 7 heteroatoms. The maximum absolute atomic E-state index is 11.9. The van der Waals surface area contributed by atoms with Crippen molar-refractivity contribution in [1.29, 1.82) is 0 Å². The number of hydrogen-bond donors (Lipinski definition) is 2. The summed E-state index contributed by atoms with van der Waals surface area (Å²) in [6.07, 6.45) is 0.979. The van der Waals surface area contributed by atoms with Gasteiger partial charge in [0, 0.05) is 13.0 Å². The Hall–Kier alpha value is -1.89. The van der Waals surface area contributed by atoms with E-state index < -0.39 is 21.7 Å². The molecule has 0 spiro atoms. The zero-order chi connectivity index (χ0) is 16.9. The molecule has 6 nitrogen and oxygen atoms in total. The van der Waals surface area contributed by atoms with E-state index in [2.05, 4.69) is 5.32 Å². The molecule has 1 fully saturated rings. The minimum Gasteiger partial charge on any atom is -0.481 e. The van der Waals surface area contributed by atoms with Gasteiger partial charge < -0.3 is 10.4 Å². The summed E-state index contributed by atoms with van der Waals surface area (Å²) in [5.74, 6) is -1.92. The second-order valence-electron chi connectivity index (χ2n) is 6.00. The third-order valence-electron chi connectivity index (χ3n) is 4.02. The monoisotopic (exact) mass is 339 g/mol. The molecule has 23 heavy (non-hydrogen) atoms. The normalized spacial score (nSPS) is 20.8. The number of carbonyl (C=O) groups is 2. The molecule has 1 saturated heterocycles. The molecule has 2 atom stereocenters. The van der Waals surface area contributed by atoms with Crippen LogP contribution in [0, 0.1) is 11.8 Å². The van der Waals surface area contributed by atoms with Gasteiger partial charge in [-0.05, 0) is 24.3 Å². The zero-order valence-electron chi connectivity index (χ0n) is 12.8. The van der Waals surface area contributed by atoms with Crippen LogP contribution < -0.4 is 5.32 Å². The molecule has 2 unspecified atom stereocenters. The van der Waals surface area contributed by atoms with Gasteiger partial charge in [-0.3, -0.25) is 9.59 Å². The number of amides is 1. The molecular formula is C16H21NO5S. The third-order valence-corrected chi connectivity index (χ3v) is 5.86. The van der Waals surface area contributed by atoms with E-state index >= 15 is 0 Å². The first-order chi connectivity index (χ1) is 10.9. The number of rotatable bonds is 7. The molecule has 0 aromatic heterocycles. The molecule has 1 aliphatic rings. The Balaban J connectivity index is 1.82. The fourth-order valence-electron chi connectivity index (χ4n) is 2.75. The Morgan fingerprint density at radius 1 is 1.26 bits per heavy atom. The molecular weight excluding hydrogens is 318 g/mol. The summed E-state index contributed by atoms with van der Waals surface area (Å²) in [6, 6.07) is 9.24. The lowest BCUT2D eigenvalue weighted by molar-refractivity contribution is -0.141. The highest BCUT2D eigenvalue weighted by molar-refractivity contribution is 7.91. The predicted molar refractivity (Wildman–Crippen MR) is 85.7 cm³/mol. The van der Waals surface area contributed by atoms with Crippen molar-refractivity contribution in [1.82, 2.24) is 5.32 Å². The van der Waals surface area contributed by atoms with E-state index in [-0.39, 0.29) is 36.3 Å². The highest BCUT2D eigenvalue weighted by Gasteiger charge is 2.29. The third kappa shape index (κ3) is 5.67. The molecule has 1 amide bonds. The van der Waals surface area contributed by atoms with E-state index in [1.54, 1.807) is 0 Å². The minimum absolute atomic E-state index is 0.0442. The van der Waals surface area contributed by atoms with Crippen molar-refractivity contribution >= 4 is 21.7 Å². The predicted octanol–water partition coefficient (Wildman–Crippen LogP) is 0.871. The lowest BCUT2D eigenvalue weighted by Crippen LogP contribution is -2.35. The zero-order valence-corrected chi connectivity index (χ0v) is 13.6. The largest absolute Gasteiger partial charge is 0.481 e. The summed E-state index contributed by atoms with van der Waals surface area (Å²) in [7, 11) is -3.00. The molecule has 126 valence electrons. The van der Waals surface area contributed by atoms with E-state index in [1.807, 2.05) is 30.3 Å². The van der Waals surface area contributed by atoms with Gasteiger partial charge >= 0.3 is 5.97 Å². The number of benzene rings is 1. The topological polar surface area (TPSA) is 101 Å². The Kier molecular flexibility index (Phi) is 5.76. The number of carboxylic acid groups (broad SMARTS) is 1. The van der Waals surface area contributed by atoms with Crippen LogP contribution in [0.5, 0.6) is 0 Å². The quantitative estimate of drug-likeness (QED) is 0.768. The minimum atomic E-state index is -3.00. The molecule has 0 bridgehead atoms. The first-order valence-corrected chi connectivity index (χ1v) is 9.42. The van der Waals surface area contributed by atoms with Crippen molar-refractivity contribution in [2.45, 2.75) is 19.3 Å². The van der Waals surface area contributed by atoms with Gasteiger partial charge in [-0.1, -0.05) is 30.3 Å². The fraction of sp³-hybridized carbons (Fsp3) is 0.500. The first-order valence-electron chi connectivity index (χ1n) is 7.59. The highest BCUT2D eigenvalue weighted by atomic mass is 32.2. The van der Waals surface area contributed by atoms with E-state index in [1.165, 1.54) is 0 Å². The number of hydrogen-bond acceptors (Lipinski definition) is 4. The Morgan fingerprint density at radius 3 is 2.52 bits per heavy atom. The van der Waals surface area contributed by atoms with E-state index in [0.29, 0.717) is 12.8 Å². The van der Waals surface area contributed by atoms with Crippen LogP contribution in [0.15, 0.2) is 30.3 Å². The van der Waals surface area contributed by atoms with Crippen molar-refractivity contribution in [2.24, 2.45) is 11.8 Å². The molecule has 1 heterocycles. The standard InChI is InChI=1S/C16H21NO5S/c18-15(9-13-6-7-23(21,22)11-13)17-10-14(16(19)20)8-12-4-2-1-3-5-12/h1-5,13-14H,6-11H2,(H,17,18)(H,19,20). The number of nitrogens with one attached hydrogen (secondary N) is 1. The fourth-order valence-corrected chi connectivity index (χ4v) is 4.61. The van der Waals surface area contributed by atoms with Gasteiger partial charge in [0.15, 0.2) is 9.84 Å². The summed E-state index contributed by atoms with van der Waals surface area (Å²) in [4.78, 5) is 23.2. The van der Waals surface area contributed by atoms with Gasteiger partial charge in [0.25, 0.3) is 0 Å². The van der Waals surface area contributed by atoms with Crippen LogP contribution in [0.3, 0.4) is 0 Å². The van der Waals surface area contributed by atoms with Crippen LogP contribution >= 0.6 is 0 Å². The average Bonchev–Trinajstić information content (AvgIpc) is 2.83. The van der Waals surface area contributed by atoms with Crippen LogP contribution in [-0.2, 0) is 25.8 Å². The second-order valence-corrected chi connectivity index (χ2v) is 8.23. The van der Waals surface area contributed by atoms with Crippen LogP contribution in [0.4, 0.5) is 0 Å². The summed E-state index contributed by atoms with van der Waals surface area (Å²) in [5.41, 5.74) is 0.899.